The van der Waals surface area contributed by atoms with Gasteiger partial charge in [-0.05, 0) is 65.8 Å². The molecular formula is C23H30O2. The van der Waals surface area contributed by atoms with Crippen LogP contribution in [0.4, 0.5) is 0 Å². The van der Waals surface area contributed by atoms with Gasteiger partial charge >= 0.3 is 0 Å². The van der Waals surface area contributed by atoms with Crippen molar-refractivity contribution >= 4 is 12.4 Å². The molecule has 2 heteroatoms. The van der Waals surface area contributed by atoms with Crippen LogP contribution >= 0.6 is 0 Å². The van der Waals surface area contributed by atoms with Crippen molar-refractivity contribution in [3.05, 3.63) is 46.5 Å². The van der Waals surface area contributed by atoms with E-state index in [2.05, 4.69) is 39.0 Å². The molecule has 0 heterocycles. The van der Waals surface area contributed by atoms with Crippen LogP contribution in [0.1, 0.15) is 70.9 Å². The predicted molar refractivity (Wildman–Crippen MR) is 104 cm³/mol. The quantitative estimate of drug-likeness (QED) is 0.657. The molecule has 3 aliphatic rings. The average molecular weight is 338 g/mol. The average Bonchev–Trinajstić information content (AvgIpc) is 2.90. The smallest absolute Gasteiger partial charge is 0.119 e. The summed E-state index contributed by atoms with van der Waals surface area (Å²) in [4.78, 5) is 9.17. The molecule has 1 aromatic rings. The highest BCUT2D eigenvalue weighted by Crippen LogP contribution is 2.60. The largest absolute Gasteiger partial charge is 0.508 e. The summed E-state index contributed by atoms with van der Waals surface area (Å²) in [5.41, 5.74) is 6.41. The number of benzene rings is 1. The fourth-order valence-corrected chi connectivity index (χ4v) is 5.01. The third-order valence-electron chi connectivity index (χ3n) is 6.89. The number of aromatic hydroxyl groups is 1. The summed E-state index contributed by atoms with van der Waals surface area (Å²) in [7, 11) is 0. The molecule has 0 bridgehead atoms. The maximum absolute atomic E-state index is 9.75. The van der Waals surface area contributed by atoms with Crippen molar-refractivity contribution in [3.8, 4) is 5.75 Å². The molecule has 4 rings (SSSR count). The van der Waals surface area contributed by atoms with Crippen molar-refractivity contribution in [3.63, 3.8) is 0 Å². The van der Waals surface area contributed by atoms with Crippen molar-refractivity contribution in [1.29, 1.82) is 0 Å². The molecule has 0 amide bonds. The van der Waals surface area contributed by atoms with Crippen molar-refractivity contribution in [2.75, 3.05) is 0 Å². The molecule has 1 saturated carbocycles. The Morgan fingerprint density at radius 3 is 2.64 bits per heavy atom. The molecule has 1 fully saturated rings. The summed E-state index contributed by atoms with van der Waals surface area (Å²) in [6, 6.07) is 5.88. The van der Waals surface area contributed by atoms with Crippen molar-refractivity contribution < 1.29 is 9.90 Å². The molecule has 0 radical (unpaired) electrons. The van der Waals surface area contributed by atoms with Gasteiger partial charge in [0, 0.05) is 11.8 Å². The molecule has 1 aromatic carbocycles. The molecule has 25 heavy (non-hydrogen) atoms. The lowest BCUT2D eigenvalue weighted by Gasteiger charge is -2.47. The number of allylic oxidation sites excluding steroid dienone is 3. The van der Waals surface area contributed by atoms with Crippen LogP contribution < -0.4 is 0 Å². The number of carbonyl (C=O) groups is 1. The highest BCUT2D eigenvalue weighted by Gasteiger charge is 2.49. The van der Waals surface area contributed by atoms with Gasteiger partial charge in [-0.2, -0.15) is 0 Å². The molecule has 3 aliphatic carbocycles. The zero-order valence-electron chi connectivity index (χ0n) is 15.9. The van der Waals surface area contributed by atoms with Crippen LogP contribution in [-0.2, 0) is 10.2 Å². The first-order chi connectivity index (χ1) is 11.9. The minimum atomic E-state index is 0.136. The first-order valence-electron chi connectivity index (χ1n) is 9.56. The Morgan fingerprint density at radius 2 is 1.96 bits per heavy atom. The Morgan fingerprint density at radius 1 is 1.24 bits per heavy atom. The summed E-state index contributed by atoms with van der Waals surface area (Å²) in [6.07, 6.45) is 11.2. The van der Waals surface area contributed by atoms with E-state index in [4.69, 9.17) is 0 Å². The van der Waals surface area contributed by atoms with Crippen LogP contribution in [0, 0.1) is 11.3 Å². The number of phenols is 1. The van der Waals surface area contributed by atoms with Crippen molar-refractivity contribution in [2.24, 2.45) is 11.3 Å². The van der Waals surface area contributed by atoms with Crippen molar-refractivity contribution in [2.45, 2.75) is 65.2 Å². The van der Waals surface area contributed by atoms with Crippen LogP contribution in [0.3, 0.4) is 0 Å². The zero-order valence-corrected chi connectivity index (χ0v) is 15.9. The van der Waals surface area contributed by atoms with Gasteiger partial charge in [0.05, 0.1) is 0 Å². The number of fused-ring (bicyclic) bond motifs is 4. The Hall–Kier alpha value is -1.83. The molecule has 0 spiro atoms. The Labute approximate surface area is 151 Å². The first kappa shape index (κ1) is 18.0. The van der Waals surface area contributed by atoms with Gasteiger partial charge in [0.25, 0.3) is 0 Å². The normalized spacial score (nSPS) is 32.2. The second-order valence-electron chi connectivity index (χ2n) is 8.26. The zero-order chi connectivity index (χ0) is 18.2. The molecule has 1 N–H and O–H groups in total. The van der Waals surface area contributed by atoms with E-state index in [-0.39, 0.29) is 5.41 Å². The summed E-state index contributed by atoms with van der Waals surface area (Å²) in [6.45, 7) is 9.12. The third kappa shape index (κ3) is 2.76. The monoisotopic (exact) mass is 338 g/mol. The van der Waals surface area contributed by atoms with Gasteiger partial charge < -0.3 is 9.90 Å². The third-order valence-corrected chi connectivity index (χ3v) is 6.89. The van der Waals surface area contributed by atoms with E-state index >= 15 is 0 Å². The Kier molecular flexibility index (Phi) is 4.66. The van der Waals surface area contributed by atoms with E-state index in [1.54, 1.807) is 11.1 Å². The molecule has 3 atom stereocenters. The number of rotatable bonds is 1. The first-order valence-corrected chi connectivity index (χ1v) is 9.56. The molecule has 134 valence electrons. The van der Waals surface area contributed by atoms with Gasteiger partial charge in [0.1, 0.15) is 12.0 Å². The molecule has 0 aromatic heterocycles. The van der Waals surface area contributed by atoms with E-state index in [1.807, 2.05) is 19.1 Å². The van der Waals surface area contributed by atoms with Gasteiger partial charge in [-0.1, -0.05) is 51.5 Å². The standard InChI is InChI=1S/C20H24O.C3H6O/c1-13-4-7-17-18-8-5-14-12-15(21)6-9-16(14)20(18,3)11-10-19(13,17)2;1-2-3-4/h5-6,8-9,12-13,21H,4,7,10-11H2,1-3H3;3H,2H2,1H3/t13-,19?,20+;/m0./s1. The lowest BCUT2D eigenvalue weighted by molar-refractivity contribution is -0.107. The van der Waals surface area contributed by atoms with Gasteiger partial charge in [0.2, 0.25) is 0 Å². The lowest BCUT2D eigenvalue weighted by atomic mass is 9.57. The number of hydrogen-bond acceptors (Lipinski definition) is 2. The van der Waals surface area contributed by atoms with Gasteiger partial charge in [-0.25, -0.2) is 0 Å². The summed E-state index contributed by atoms with van der Waals surface area (Å²) < 4.78 is 0. The molecular weight excluding hydrogens is 308 g/mol. The maximum Gasteiger partial charge on any atom is 0.119 e. The topological polar surface area (TPSA) is 37.3 Å². The predicted octanol–water partition coefficient (Wildman–Crippen LogP) is 5.80. The highest BCUT2D eigenvalue weighted by atomic mass is 16.3. The van der Waals surface area contributed by atoms with Gasteiger partial charge in [-0.15, -0.1) is 0 Å². The van der Waals surface area contributed by atoms with E-state index in [9.17, 15) is 9.90 Å². The van der Waals surface area contributed by atoms with E-state index < -0.39 is 0 Å². The second kappa shape index (κ2) is 6.48. The Bertz CT molecular complexity index is 742. The number of phenolic OH excluding ortho intramolecular Hbond substituents is 1. The van der Waals surface area contributed by atoms with Crippen LogP contribution in [0.5, 0.6) is 5.75 Å². The summed E-state index contributed by atoms with van der Waals surface area (Å²) in [5, 5.41) is 9.75. The molecule has 0 saturated heterocycles. The molecule has 0 aliphatic heterocycles. The van der Waals surface area contributed by atoms with Gasteiger partial charge in [-0.3, -0.25) is 0 Å². The van der Waals surface area contributed by atoms with Crippen LogP contribution in [0.15, 0.2) is 35.4 Å². The Balaban J connectivity index is 0.000000415. The number of hydrogen-bond donors (Lipinski definition) is 1. The minimum Gasteiger partial charge on any atom is -0.508 e. The minimum absolute atomic E-state index is 0.136. The fraction of sp³-hybridized carbons (Fsp3) is 0.522. The van der Waals surface area contributed by atoms with Crippen LogP contribution in [-0.4, -0.2) is 11.4 Å². The van der Waals surface area contributed by atoms with E-state index in [0.29, 0.717) is 17.6 Å². The lowest BCUT2D eigenvalue weighted by Crippen LogP contribution is -2.38. The number of carbonyl (C=O) groups excluding carboxylic acids is 1. The van der Waals surface area contributed by atoms with E-state index in [1.165, 1.54) is 36.8 Å². The summed E-state index contributed by atoms with van der Waals surface area (Å²) >= 11 is 0. The van der Waals surface area contributed by atoms with Gasteiger partial charge in [0.15, 0.2) is 0 Å². The maximum atomic E-state index is 9.75. The SMILES string of the molecule is CCC=O.C[C@H]1CCC2=C3C=Cc4cc(O)ccc4[C@@]3(C)CCC21C. The highest BCUT2D eigenvalue weighted by molar-refractivity contribution is 5.69. The van der Waals surface area contributed by atoms with Crippen LogP contribution in [0.25, 0.3) is 6.08 Å². The van der Waals surface area contributed by atoms with Crippen LogP contribution in [0.2, 0.25) is 0 Å². The molecule has 2 nitrogen and oxygen atoms in total. The number of aldehydes is 1. The molecule has 1 unspecified atom stereocenters. The fourth-order valence-electron chi connectivity index (χ4n) is 5.01. The van der Waals surface area contributed by atoms with Crippen molar-refractivity contribution in [1.82, 2.24) is 0 Å². The summed E-state index contributed by atoms with van der Waals surface area (Å²) in [5.74, 6) is 1.17. The second-order valence-corrected chi connectivity index (χ2v) is 8.26. The van der Waals surface area contributed by atoms with E-state index in [0.717, 1.165) is 12.2 Å².